The third-order valence-electron chi connectivity index (χ3n) is 4.76. The first kappa shape index (κ1) is 16.1. The molecule has 0 spiro atoms. The number of nitrogens with zero attached hydrogens (tertiary/aromatic N) is 4. The van der Waals surface area contributed by atoms with Gasteiger partial charge >= 0.3 is 0 Å². The molecule has 0 aliphatic carbocycles. The van der Waals surface area contributed by atoms with Gasteiger partial charge in [-0.1, -0.05) is 24.3 Å². The maximum Gasteiger partial charge on any atom is 0.141 e. The molecular formula is C20H21FN4. The predicted molar refractivity (Wildman–Crippen MR) is 96.5 cm³/mol. The van der Waals surface area contributed by atoms with Gasteiger partial charge in [-0.3, -0.25) is 19.8 Å². The number of hydrogen-bond donors (Lipinski definition) is 0. The van der Waals surface area contributed by atoms with Crippen LogP contribution < -0.4 is 0 Å². The Morgan fingerprint density at radius 1 is 0.920 bits per heavy atom. The first-order valence-electron chi connectivity index (χ1n) is 8.65. The van der Waals surface area contributed by atoms with E-state index in [9.17, 15) is 4.39 Å². The molecule has 4 rings (SSSR count). The molecule has 128 valence electrons. The van der Waals surface area contributed by atoms with Crippen LogP contribution in [0.5, 0.6) is 0 Å². The molecule has 1 aliphatic heterocycles. The third-order valence-corrected chi connectivity index (χ3v) is 4.76. The zero-order chi connectivity index (χ0) is 17.1. The molecule has 1 aromatic carbocycles. The number of fused-ring (bicyclic) bond motifs is 1. The van der Waals surface area contributed by atoms with Crippen LogP contribution in [0.25, 0.3) is 10.8 Å². The van der Waals surface area contributed by atoms with Crippen LogP contribution in [-0.2, 0) is 13.1 Å². The molecule has 25 heavy (non-hydrogen) atoms. The zero-order valence-corrected chi connectivity index (χ0v) is 14.1. The van der Waals surface area contributed by atoms with Crippen LogP contribution >= 0.6 is 0 Å². The highest BCUT2D eigenvalue weighted by Gasteiger charge is 2.18. The van der Waals surface area contributed by atoms with E-state index in [0.717, 1.165) is 50.5 Å². The van der Waals surface area contributed by atoms with E-state index in [1.54, 1.807) is 12.3 Å². The molecule has 0 N–H and O–H groups in total. The molecule has 0 radical (unpaired) electrons. The molecule has 0 atom stereocenters. The highest BCUT2D eigenvalue weighted by molar-refractivity contribution is 5.84. The summed E-state index contributed by atoms with van der Waals surface area (Å²) in [7, 11) is 0. The molecule has 0 bridgehead atoms. The van der Waals surface area contributed by atoms with E-state index in [0.29, 0.717) is 0 Å². The van der Waals surface area contributed by atoms with Gasteiger partial charge in [-0.15, -0.1) is 0 Å². The van der Waals surface area contributed by atoms with Crippen LogP contribution in [0.3, 0.4) is 0 Å². The largest absolute Gasteiger partial charge is 0.296 e. The molecule has 1 aliphatic rings. The van der Waals surface area contributed by atoms with E-state index in [4.69, 9.17) is 0 Å². The fourth-order valence-corrected chi connectivity index (χ4v) is 3.43. The van der Waals surface area contributed by atoms with Gasteiger partial charge in [-0.05, 0) is 23.1 Å². The quantitative estimate of drug-likeness (QED) is 0.733. The first-order chi connectivity index (χ1) is 12.3. The molecule has 2 aromatic heterocycles. The summed E-state index contributed by atoms with van der Waals surface area (Å²) in [6, 6.07) is 12.0. The minimum Gasteiger partial charge on any atom is -0.296 e. The fraction of sp³-hybridized carbons (Fsp3) is 0.300. The van der Waals surface area contributed by atoms with Gasteiger partial charge in [0, 0.05) is 57.0 Å². The maximum atomic E-state index is 13.3. The molecule has 3 heterocycles. The summed E-state index contributed by atoms with van der Waals surface area (Å²) in [5, 5.41) is 2.48. The monoisotopic (exact) mass is 336 g/mol. The van der Waals surface area contributed by atoms with Crippen molar-refractivity contribution >= 4 is 10.8 Å². The molecule has 0 saturated carbocycles. The summed E-state index contributed by atoms with van der Waals surface area (Å²) in [6.07, 6.45) is 4.89. The Kier molecular flexibility index (Phi) is 4.68. The van der Waals surface area contributed by atoms with Crippen molar-refractivity contribution < 1.29 is 4.39 Å². The van der Waals surface area contributed by atoms with E-state index in [2.05, 4.69) is 50.1 Å². The molecule has 1 fully saturated rings. The van der Waals surface area contributed by atoms with Crippen molar-refractivity contribution in [1.29, 1.82) is 0 Å². The summed E-state index contributed by atoms with van der Waals surface area (Å²) in [6.45, 7) is 5.56. The average molecular weight is 336 g/mol. The molecule has 3 aromatic rings. The Morgan fingerprint density at radius 3 is 2.48 bits per heavy atom. The second-order valence-electron chi connectivity index (χ2n) is 6.54. The third kappa shape index (κ3) is 3.83. The lowest BCUT2D eigenvalue weighted by atomic mass is 10.1. The zero-order valence-electron chi connectivity index (χ0n) is 14.1. The lowest BCUT2D eigenvalue weighted by Gasteiger charge is -2.34. The van der Waals surface area contributed by atoms with E-state index >= 15 is 0 Å². The number of pyridine rings is 2. The average Bonchev–Trinajstić information content (AvgIpc) is 2.64. The highest BCUT2D eigenvalue weighted by atomic mass is 19.1. The SMILES string of the molecule is Fc1cncc(CN2CCN(Cc3nccc4ccccc34)CC2)c1. The highest BCUT2D eigenvalue weighted by Crippen LogP contribution is 2.18. The summed E-state index contributed by atoms with van der Waals surface area (Å²) >= 11 is 0. The van der Waals surface area contributed by atoms with Crippen molar-refractivity contribution in [2.24, 2.45) is 0 Å². The van der Waals surface area contributed by atoms with Gasteiger partial charge in [0.05, 0.1) is 11.9 Å². The normalized spacial score (nSPS) is 16.4. The number of halogens is 1. The standard InChI is InChI=1S/C20H21FN4/c21-18-11-16(12-22-13-18)14-24-7-9-25(10-8-24)15-20-19-4-2-1-3-17(19)5-6-23-20/h1-6,11-13H,7-10,14-15H2. The van der Waals surface area contributed by atoms with Crippen LogP contribution in [-0.4, -0.2) is 45.9 Å². The minimum absolute atomic E-state index is 0.266. The van der Waals surface area contributed by atoms with Gasteiger partial charge in [0.25, 0.3) is 0 Å². The van der Waals surface area contributed by atoms with Crippen molar-refractivity contribution in [3.63, 3.8) is 0 Å². The van der Waals surface area contributed by atoms with Gasteiger partial charge in [0.15, 0.2) is 0 Å². The van der Waals surface area contributed by atoms with Crippen molar-refractivity contribution in [2.75, 3.05) is 26.2 Å². The number of hydrogen-bond acceptors (Lipinski definition) is 4. The molecule has 1 saturated heterocycles. The minimum atomic E-state index is -0.266. The lowest BCUT2D eigenvalue weighted by molar-refractivity contribution is 0.121. The fourth-order valence-electron chi connectivity index (χ4n) is 3.43. The maximum absolute atomic E-state index is 13.3. The van der Waals surface area contributed by atoms with E-state index in [-0.39, 0.29) is 5.82 Å². The van der Waals surface area contributed by atoms with Crippen molar-refractivity contribution in [3.8, 4) is 0 Å². The first-order valence-corrected chi connectivity index (χ1v) is 8.65. The number of piperazine rings is 1. The molecule has 5 heteroatoms. The Bertz CT molecular complexity index is 854. The van der Waals surface area contributed by atoms with Crippen LogP contribution in [0.15, 0.2) is 55.0 Å². The van der Waals surface area contributed by atoms with Gasteiger partial charge in [-0.25, -0.2) is 4.39 Å². The smallest absolute Gasteiger partial charge is 0.141 e. The topological polar surface area (TPSA) is 32.3 Å². The predicted octanol–water partition coefficient (Wildman–Crippen LogP) is 3.09. The van der Waals surface area contributed by atoms with Crippen LogP contribution in [0.2, 0.25) is 0 Å². The summed E-state index contributed by atoms with van der Waals surface area (Å²) in [5.41, 5.74) is 2.07. The Labute approximate surface area is 146 Å². The Morgan fingerprint density at radius 2 is 1.68 bits per heavy atom. The number of benzene rings is 1. The van der Waals surface area contributed by atoms with Crippen molar-refractivity contribution in [2.45, 2.75) is 13.1 Å². The van der Waals surface area contributed by atoms with Crippen LogP contribution in [0.1, 0.15) is 11.3 Å². The lowest BCUT2D eigenvalue weighted by Crippen LogP contribution is -2.45. The molecule has 0 amide bonds. The van der Waals surface area contributed by atoms with Crippen molar-refractivity contribution in [3.05, 3.63) is 72.1 Å². The molecule has 4 nitrogen and oxygen atoms in total. The van der Waals surface area contributed by atoms with Gasteiger partial charge < -0.3 is 0 Å². The van der Waals surface area contributed by atoms with E-state index in [1.807, 2.05) is 6.20 Å². The second kappa shape index (κ2) is 7.25. The van der Waals surface area contributed by atoms with Crippen LogP contribution in [0.4, 0.5) is 4.39 Å². The van der Waals surface area contributed by atoms with Crippen molar-refractivity contribution in [1.82, 2.24) is 19.8 Å². The van der Waals surface area contributed by atoms with Gasteiger partial charge in [-0.2, -0.15) is 0 Å². The second-order valence-corrected chi connectivity index (χ2v) is 6.54. The Balaban J connectivity index is 1.37. The molecule has 0 unspecified atom stereocenters. The van der Waals surface area contributed by atoms with E-state index < -0.39 is 0 Å². The number of aromatic nitrogens is 2. The summed E-state index contributed by atoms with van der Waals surface area (Å²) in [4.78, 5) is 13.3. The van der Waals surface area contributed by atoms with Gasteiger partial charge in [0.1, 0.15) is 5.82 Å². The Hall–Kier alpha value is -2.37. The summed E-state index contributed by atoms with van der Waals surface area (Å²) < 4.78 is 13.3. The van der Waals surface area contributed by atoms with Gasteiger partial charge in [0.2, 0.25) is 0 Å². The number of rotatable bonds is 4. The summed E-state index contributed by atoms with van der Waals surface area (Å²) in [5.74, 6) is -0.266. The van der Waals surface area contributed by atoms with Crippen LogP contribution in [0, 0.1) is 5.82 Å². The molecular weight excluding hydrogens is 315 g/mol. The van der Waals surface area contributed by atoms with E-state index in [1.165, 1.54) is 17.0 Å².